The van der Waals surface area contributed by atoms with Gasteiger partial charge in [-0.15, -0.1) is 0 Å². The molecule has 1 aromatic heterocycles. The number of nitrogens with zero attached hydrogens (tertiary/aromatic N) is 3. The molecule has 0 aliphatic carbocycles. The maximum Gasteiger partial charge on any atom is 0.244 e. The average molecular weight is 261 g/mol. The summed E-state index contributed by atoms with van der Waals surface area (Å²) in [6, 6.07) is -0.745. The normalized spacial score (nSPS) is 14.8. The third kappa shape index (κ3) is 3.17. The van der Waals surface area contributed by atoms with Gasteiger partial charge in [-0.25, -0.2) is 13.1 Å². The van der Waals surface area contributed by atoms with Gasteiger partial charge in [0.1, 0.15) is 4.90 Å². The van der Waals surface area contributed by atoms with Crippen LogP contribution in [0.4, 0.5) is 0 Å². The molecule has 8 nitrogen and oxygen atoms in total. The molecule has 0 spiro atoms. The number of aryl methyl sites for hydroxylation is 1. The van der Waals surface area contributed by atoms with Crippen molar-refractivity contribution >= 4 is 15.9 Å². The molecular formula is C8H15N5O3S. The molecule has 4 N–H and O–H groups in total. The van der Waals surface area contributed by atoms with Crippen molar-refractivity contribution in [2.24, 2.45) is 17.9 Å². The molecule has 0 aromatic carbocycles. The van der Waals surface area contributed by atoms with Gasteiger partial charge in [0, 0.05) is 13.2 Å². The lowest BCUT2D eigenvalue weighted by Gasteiger charge is -2.14. The summed E-state index contributed by atoms with van der Waals surface area (Å²) in [6.07, 6.45) is 2.96. The molecule has 1 atom stereocenters. The van der Waals surface area contributed by atoms with E-state index in [4.69, 9.17) is 10.9 Å². The number of sulfonamides is 1. The number of hydrogen-bond acceptors (Lipinski definition) is 5. The SMILES string of the molecule is CCC(NS(=O)(=O)c1cnn(C)c1)C(N)=NO. The Morgan fingerprint density at radius 3 is 2.82 bits per heavy atom. The minimum absolute atomic E-state index is 0.0317. The van der Waals surface area contributed by atoms with E-state index >= 15 is 0 Å². The predicted molar refractivity (Wildman–Crippen MR) is 61.0 cm³/mol. The highest BCUT2D eigenvalue weighted by atomic mass is 32.2. The molecule has 0 fully saturated rings. The molecule has 0 radical (unpaired) electrons. The quantitative estimate of drug-likeness (QED) is 0.278. The molecule has 1 aromatic rings. The average Bonchev–Trinajstić information content (AvgIpc) is 2.72. The van der Waals surface area contributed by atoms with Gasteiger partial charge < -0.3 is 10.9 Å². The Labute approximate surface area is 99.2 Å². The van der Waals surface area contributed by atoms with E-state index in [-0.39, 0.29) is 10.7 Å². The highest BCUT2D eigenvalue weighted by Crippen LogP contribution is 2.08. The van der Waals surface area contributed by atoms with Crippen LogP contribution in [-0.2, 0) is 17.1 Å². The van der Waals surface area contributed by atoms with Crippen LogP contribution in [0.3, 0.4) is 0 Å². The van der Waals surface area contributed by atoms with Crippen LogP contribution in [0.2, 0.25) is 0 Å². The number of nitrogens with one attached hydrogen (secondary N) is 1. The smallest absolute Gasteiger partial charge is 0.244 e. The monoisotopic (exact) mass is 261 g/mol. The van der Waals surface area contributed by atoms with Gasteiger partial charge in [0.05, 0.1) is 12.2 Å². The standard InChI is InChI=1S/C8H15N5O3S/c1-3-7(8(9)11-14)12-17(15,16)6-4-10-13(2)5-6/h4-5,7,12,14H,3H2,1-2H3,(H2,9,11). The van der Waals surface area contributed by atoms with Gasteiger partial charge in [0.15, 0.2) is 5.84 Å². The molecule has 0 amide bonds. The molecule has 0 aliphatic heterocycles. The number of aromatic nitrogens is 2. The summed E-state index contributed by atoms with van der Waals surface area (Å²) in [4.78, 5) is 0.0317. The van der Waals surface area contributed by atoms with E-state index in [9.17, 15) is 8.42 Å². The lowest BCUT2D eigenvalue weighted by Crippen LogP contribution is -2.43. The lowest BCUT2D eigenvalue weighted by molar-refractivity contribution is 0.315. The third-order valence-electron chi connectivity index (χ3n) is 2.17. The van der Waals surface area contributed by atoms with Crippen molar-refractivity contribution in [2.45, 2.75) is 24.3 Å². The number of amidine groups is 1. The number of oxime groups is 1. The summed E-state index contributed by atoms with van der Waals surface area (Å²) >= 11 is 0. The van der Waals surface area contributed by atoms with E-state index in [2.05, 4.69) is 15.0 Å². The molecule has 0 bridgehead atoms. The molecule has 1 unspecified atom stereocenters. The van der Waals surface area contributed by atoms with Crippen molar-refractivity contribution in [3.8, 4) is 0 Å². The summed E-state index contributed by atoms with van der Waals surface area (Å²) in [5.74, 6) is -0.181. The van der Waals surface area contributed by atoms with Crippen molar-refractivity contribution < 1.29 is 13.6 Å². The van der Waals surface area contributed by atoms with Crippen LogP contribution in [0.1, 0.15) is 13.3 Å². The second kappa shape index (κ2) is 5.15. The van der Waals surface area contributed by atoms with E-state index in [1.54, 1.807) is 14.0 Å². The zero-order valence-corrected chi connectivity index (χ0v) is 10.3. The minimum atomic E-state index is -3.71. The van der Waals surface area contributed by atoms with Crippen molar-refractivity contribution in [1.29, 1.82) is 0 Å². The van der Waals surface area contributed by atoms with Crippen LogP contribution >= 0.6 is 0 Å². The molecule has 96 valence electrons. The topological polar surface area (TPSA) is 123 Å². The van der Waals surface area contributed by atoms with Gasteiger partial charge in [0.25, 0.3) is 0 Å². The molecule has 0 saturated heterocycles. The first-order valence-corrected chi connectivity index (χ1v) is 6.37. The van der Waals surface area contributed by atoms with Crippen LogP contribution in [0.5, 0.6) is 0 Å². The first kappa shape index (κ1) is 13.5. The lowest BCUT2D eigenvalue weighted by atomic mass is 10.2. The summed E-state index contributed by atoms with van der Waals surface area (Å²) in [5.41, 5.74) is 5.37. The maximum atomic E-state index is 11.9. The van der Waals surface area contributed by atoms with Gasteiger partial charge in [-0.2, -0.15) is 5.10 Å². The molecule has 1 heterocycles. The van der Waals surface area contributed by atoms with Crippen LogP contribution in [0.25, 0.3) is 0 Å². The Bertz CT molecular complexity index is 507. The molecule has 9 heteroatoms. The highest BCUT2D eigenvalue weighted by molar-refractivity contribution is 7.89. The summed E-state index contributed by atoms with van der Waals surface area (Å²) < 4.78 is 27.5. The zero-order valence-electron chi connectivity index (χ0n) is 9.53. The van der Waals surface area contributed by atoms with Crippen LogP contribution in [-0.4, -0.2) is 35.3 Å². The Kier molecular flexibility index (Phi) is 4.07. The minimum Gasteiger partial charge on any atom is -0.409 e. The number of rotatable bonds is 5. The van der Waals surface area contributed by atoms with Gasteiger partial charge in [-0.3, -0.25) is 4.68 Å². The fourth-order valence-corrected chi connectivity index (χ4v) is 2.49. The highest BCUT2D eigenvalue weighted by Gasteiger charge is 2.22. The predicted octanol–water partition coefficient (Wildman–Crippen LogP) is -0.777. The molecule has 0 aliphatic rings. The van der Waals surface area contributed by atoms with E-state index < -0.39 is 16.1 Å². The second-order valence-corrected chi connectivity index (χ2v) is 5.17. The van der Waals surface area contributed by atoms with Gasteiger partial charge >= 0.3 is 0 Å². The molecule has 0 saturated carbocycles. The van der Waals surface area contributed by atoms with E-state index in [0.717, 1.165) is 0 Å². The second-order valence-electron chi connectivity index (χ2n) is 3.46. The van der Waals surface area contributed by atoms with Crippen molar-refractivity contribution in [1.82, 2.24) is 14.5 Å². The van der Waals surface area contributed by atoms with Crippen LogP contribution < -0.4 is 10.5 Å². The summed E-state index contributed by atoms with van der Waals surface area (Å²) in [5, 5.41) is 15.1. The molecule has 1 rings (SSSR count). The van der Waals surface area contributed by atoms with E-state index in [1.807, 2.05) is 0 Å². The van der Waals surface area contributed by atoms with Crippen LogP contribution in [0, 0.1) is 0 Å². The Hall–Kier alpha value is -1.61. The van der Waals surface area contributed by atoms with E-state index in [0.29, 0.717) is 6.42 Å². The van der Waals surface area contributed by atoms with Crippen molar-refractivity contribution in [3.05, 3.63) is 12.4 Å². The Morgan fingerprint density at radius 1 is 1.76 bits per heavy atom. The number of hydrogen-bond donors (Lipinski definition) is 3. The van der Waals surface area contributed by atoms with Gasteiger partial charge in [-0.05, 0) is 6.42 Å². The third-order valence-corrected chi connectivity index (χ3v) is 3.60. The molecular weight excluding hydrogens is 246 g/mol. The maximum absolute atomic E-state index is 11.9. The summed E-state index contributed by atoms with van der Waals surface area (Å²) in [7, 11) is -2.10. The largest absolute Gasteiger partial charge is 0.409 e. The zero-order chi connectivity index (χ0) is 13.1. The summed E-state index contributed by atoms with van der Waals surface area (Å²) in [6.45, 7) is 1.72. The first-order chi connectivity index (χ1) is 7.90. The van der Waals surface area contributed by atoms with Gasteiger partial charge in [0.2, 0.25) is 10.0 Å². The number of nitrogens with two attached hydrogens (primary N) is 1. The first-order valence-electron chi connectivity index (χ1n) is 4.89. The fraction of sp³-hybridized carbons (Fsp3) is 0.500. The van der Waals surface area contributed by atoms with Crippen LogP contribution in [0.15, 0.2) is 22.4 Å². The van der Waals surface area contributed by atoms with Crippen molar-refractivity contribution in [2.75, 3.05) is 0 Å². The van der Waals surface area contributed by atoms with Gasteiger partial charge in [-0.1, -0.05) is 12.1 Å². The van der Waals surface area contributed by atoms with Crippen molar-refractivity contribution in [3.63, 3.8) is 0 Å². The molecule has 17 heavy (non-hydrogen) atoms. The fourth-order valence-electron chi connectivity index (χ4n) is 1.22. The van der Waals surface area contributed by atoms with E-state index in [1.165, 1.54) is 17.1 Å². The Morgan fingerprint density at radius 2 is 2.41 bits per heavy atom. The Balaban J connectivity index is 2.93.